The van der Waals surface area contributed by atoms with E-state index in [9.17, 15) is 9.18 Å². The van der Waals surface area contributed by atoms with Crippen molar-refractivity contribution in [3.63, 3.8) is 0 Å². The van der Waals surface area contributed by atoms with Crippen molar-refractivity contribution in [1.82, 2.24) is 9.88 Å². The van der Waals surface area contributed by atoms with E-state index >= 15 is 0 Å². The number of halogens is 1. The third-order valence-corrected chi connectivity index (χ3v) is 5.28. The molecule has 7 heteroatoms. The van der Waals surface area contributed by atoms with Gasteiger partial charge in [-0.15, -0.1) is 0 Å². The van der Waals surface area contributed by atoms with E-state index in [0.29, 0.717) is 5.69 Å². The fourth-order valence-electron chi connectivity index (χ4n) is 2.53. The molecule has 146 valence electrons. The normalized spacial score (nSPS) is 11.5. The molecule has 0 spiro atoms. The topological polar surface area (TPSA) is 48.5 Å². The Morgan fingerprint density at radius 3 is 2.61 bits per heavy atom. The highest BCUT2D eigenvalue weighted by Gasteiger charge is 2.10. The summed E-state index contributed by atoms with van der Waals surface area (Å²) in [6.07, 6.45) is 3.09. The van der Waals surface area contributed by atoms with Gasteiger partial charge in [-0.1, -0.05) is 23.5 Å². The largest absolute Gasteiger partial charge is 0.350 e. The lowest BCUT2D eigenvalue weighted by molar-refractivity contribution is -0.111. The van der Waals surface area contributed by atoms with Crippen molar-refractivity contribution in [3.8, 4) is 0 Å². The van der Waals surface area contributed by atoms with Gasteiger partial charge in [-0.25, -0.2) is 9.37 Å². The summed E-state index contributed by atoms with van der Waals surface area (Å²) in [6, 6.07) is 11.7. The minimum Gasteiger partial charge on any atom is -0.350 e. The number of nitrogens with one attached hydrogen (secondary N) is 1. The number of hydrogen-bond donors (Lipinski definition) is 1. The molecule has 0 bridgehead atoms. The second-order valence-electron chi connectivity index (χ2n) is 6.78. The van der Waals surface area contributed by atoms with Gasteiger partial charge in [0, 0.05) is 31.9 Å². The second kappa shape index (κ2) is 8.95. The molecule has 2 aromatic carbocycles. The van der Waals surface area contributed by atoms with Crippen molar-refractivity contribution in [2.45, 2.75) is 0 Å². The first-order chi connectivity index (χ1) is 13.4. The molecule has 1 heterocycles. The Labute approximate surface area is 168 Å². The van der Waals surface area contributed by atoms with Crippen molar-refractivity contribution >= 4 is 44.4 Å². The van der Waals surface area contributed by atoms with Crippen LogP contribution in [0.25, 0.3) is 16.3 Å². The maximum Gasteiger partial charge on any atom is 0.248 e. The third kappa shape index (κ3) is 5.37. The average molecular weight is 399 g/mol. The van der Waals surface area contributed by atoms with Crippen molar-refractivity contribution in [2.24, 2.45) is 0 Å². The zero-order chi connectivity index (χ0) is 20.1. The van der Waals surface area contributed by atoms with E-state index in [1.807, 2.05) is 39.3 Å². The molecule has 0 radical (unpaired) electrons. The third-order valence-electron chi connectivity index (χ3n) is 4.15. The van der Waals surface area contributed by atoms with Crippen molar-refractivity contribution < 1.29 is 9.18 Å². The van der Waals surface area contributed by atoms with Crippen LogP contribution in [-0.4, -0.2) is 50.0 Å². The van der Waals surface area contributed by atoms with Crippen LogP contribution in [0.3, 0.4) is 0 Å². The molecule has 0 atom stereocenters. The standard InChI is InChI=1S/C21H23FN4OS/c1-25(2)12-13-26(3)21-24-18-10-9-17(14-19(18)28-21)23-20(27)11-6-15-4-7-16(22)8-5-15/h4-11,14H,12-13H2,1-3H3,(H,23,27). The second-order valence-corrected chi connectivity index (χ2v) is 7.79. The predicted molar refractivity (Wildman–Crippen MR) is 116 cm³/mol. The monoisotopic (exact) mass is 398 g/mol. The van der Waals surface area contributed by atoms with Crippen LogP contribution < -0.4 is 10.2 Å². The van der Waals surface area contributed by atoms with Crippen LogP contribution in [0, 0.1) is 5.82 Å². The Morgan fingerprint density at radius 2 is 1.89 bits per heavy atom. The minimum atomic E-state index is -0.300. The molecule has 0 aliphatic heterocycles. The fourth-order valence-corrected chi connectivity index (χ4v) is 3.52. The molecule has 0 fully saturated rings. The highest BCUT2D eigenvalue weighted by atomic mass is 32.1. The van der Waals surface area contributed by atoms with Crippen LogP contribution >= 0.6 is 11.3 Å². The number of fused-ring (bicyclic) bond motifs is 1. The average Bonchev–Trinajstić information content (AvgIpc) is 3.09. The van der Waals surface area contributed by atoms with Crippen LogP contribution in [0.1, 0.15) is 5.56 Å². The number of benzene rings is 2. The van der Waals surface area contributed by atoms with Gasteiger partial charge in [0.2, 0.25) is 5.91 Å². The van der Waals surface area contributed by atoms with Crippen molar-refractivity contribution in [3.05, 3.63) is 59.9 Å². The predicted octanol–water partition coefficient (Wildman–Crippen LogP) is 4.09. The van der Waals surface area contributed by atoms with Gasteiger partial charge < -0.3 is 15.1 Å². The quantitative estimate of drug-likeness (QED) is 0.609. The van der Waals surface area contributed by atoms with Gasteiger partial charge in [-0.05, 0) is 56.1 Å². The molecule has 0 saturated carbocycles. The molecule has 1 aromatic heterocycles. The van der Waals surface area contributed by atoms with E-state index in [4.69, 9.17) is 0 Å². The Balaban J connectivity index is 1.66. The summed E-state index contributed by atoms with van der Waals surface area (Å²) in [5, 5.41) is 3.81. The maximum atomic E-state index is 12.9. The lowest BCUT2D eigenvalue weighted by atomic mass is 10.2. The first kappa shape index (κ1) is 20.0. The highest BCUT2D eigenvalue weighted by Crippen LogP contribution is 2.30. The summed E-state index contributed by atoms with van der Waals surface area (Å²) >= 11 is 1.60. The van der Waals surface area contributed by atoms with Gasteiger partial charge in [0.15, 0.2) is 5.13 Å². The summed E-state index contributed by atoms with van der Waals surface area (Å²) < 4.78 is 13.9. The van der Waals surface area contributed by atoms with E-state index in [0.717, 1.165) is 34.0 Å². The number of likely N-dealkylation sites (N-methyl/N-ethyl adjacent to an activating group) is 2. The molecular weight excluding hydrogens is 375 g/mol. The van der Waals surface area contributed by atoms with Crippen LogP contribution in [0.5, 0.6) is 0 Å². The molecular formula is C21H23FN4OS. The van der Waals surface area contributed by atoms with Crippen molar-refractivity contribution in [1.29, 1.82) is 0 Å². The molecule has 28 heavy (non-hydrogen) atoms. The molecule has 3 rings (SSSR count). The number of hydrogen-bond acceptors (Lipinski definition) is 5. The van der Waals surface area contributed by atoms with Gasteiger partial charge in [0.05, 0.1) is 10.2 Å². The number of thiazole rings is 1. The number of carbonyl (C=O) groups excluding carboxylic acids is 1. The van der Waals surface area contributed by atoms with Gasteiger partial charge >= 0.3 is 0 Å². The Morgan fingerprint density at radius 1 is 1.14 bits per heavy atom. The summed E-state index contributed by atoms with van der Waals surface area (Å²) in [6.45, 7) is 1.85. The van der Waals surface area contributed by atoms with Crippen LogP contribution in [0.2, 0.25) is 0 Å². The van der Waals surface area contributed by atoms with Gasteiger partial charge in [0.1, 0.15) is 5.82 Å². The van der Waals surface area contributed by atoms with Crippen LogP contribution in [0.4, 0.5) is 15.2 Å². The van der Waals surface area contributed by atoms with Crippen LogP contribution in [0.15, 0.2) is 48.5 Å². The first-order valence-corrected chi connectivity index (χ1v) is 9.73. The Hall–Kier alpha value is -2.77. The lowest BCUT2D eigenvalue weighted by Crippen LogP contribution is -2.28. The zero-order valence-electron chi connectivity index (χ0n) is 16.1. The molecule has 0 aliphatic carbocycles. The molecule has 5 nitrogen and oxygen atoms in total. The number of carbonyl (C=O) groups is 1. The number of aromatic nitrogens is 1. The Bertz CT molecular complexity index is 982. The van der Waals surface area contributed by atoms with Crippen molar-refractivity contribution in [2.75, 3.05) is 44.4 Å². The van der Waals surface area contributed by atoms with E-state index < -0.39 is 0 Å². The van der Waals surface area contributed by atoms with E-state index in [-0.39, 0.29) is 11.7 Å². The van der Waals surface area contributed by atoms with Gasteiger partial charge in [0.25, 0.3) is 0 Å². The van der Waals surface area contributed by atoms with Crippen LogP contribution in [-0.2, 0) is 4.79 Å². The number of rotatable bonds is 7. The molecule has 3 aromatic rings. The summed E-state index contributed by atoms with van der Waals surface area (Å²) in [4.78, 5) is 21.1. The fraction of sp³-hybridized carbons (Fsp3) is 0.238. The lowest BCUT2D eigenvalue weighted by Gasteiger charge is -2.18. The Kier molecular flexibility index (Phi) is 6.38. The molecule has 0 saturated heterocycles. The molecule has 1 N–H and O–H groups in total. The smallest absolute Gasteiger partial charge is 0.248 e. The summed E-state index contributed by atoms with van der Waals surface area (Å²) in [7, 11) is 6.13. The van der Waals surface area contributed by atoms with Gasteiger partial charge in [-0.2, -0.15) is 0 Å². The maximum absolute atomic E-state index is 12.9. The molecule has 0 unspecified atom stereocenters. The highest BCUT2D eigenvalue weighted by molar-refractivity contribution is 7.22. The number of amides is 1. The zero-order valence-corrected chi connectivity index (χ0v) is 17.0. The summed E-state index contributed by atoms with van der Waals surface area (Å²) in [5.74, 6) is -0.539. The number of nitrogens with zero attached hydrogens (tertiary/aromatic N) is 3. The molecule has 1 amide bonds. The molecule has 0 aliphatic rings. The van der Waals surface area contributed by atoms with E-state index in [1.54, 1.807) is 29.5 Å². The van der Waals surface area contributed by atoms with E-state index in [2.05, 4.69) is 20.1 Å². The minimum absolute atomic E-state index is 0.239. The first-order valence-electron chi connectivity index (χ1n) is 8.92. The number of anilines is 2. The van der Waals surface area contributed by atoms with E-state index in [1.165, 1.54) is 18.2 Å². The van der Waals surface area contributed by atoms with Gasteiger partial charge in [-0.3, -0.25) is 4.79 Å². The summed E-state index contributed by atoms with van der Waals surface area (Å²) in [5.41, 5.74) is 2.39. The SMILES string of the molecule is CN(C)CCN(C)c1nc2ccc(NC(=O)C=Cc3ccc(F)cc3)cc2s1.